The van der Waals surface area contributed by atoms with Crippen LogP contribution in [0.3, 0.4) is 0 Å². The number of halogens is 1. The monoisotopic (exact) mass is 244 g/mol. The molecule has 0 spiro atoms. The van der Waals surface area contributed by atoms with Crippen LogP contribution in [0.15, 0.2) is 48.5 Å². The normalized spacial score (nSPS) is 12.4. The van der Waals surface area contributed by atoms with Crippen LogP contribution in [0, 0.1) is 12.7 Å². The molecule has 0 aliphatic rings. The molecule has 0 saturated carbocycles. The third kappa shape index (κ3) is 3.41. The number of hydrogen-bond acceptors (Lipinski definition) is 1. The second-order valence-electron chi connectivity index (χ2n) is 4.59. The van der Waals surface area contributed by atoms with Gasteiger partial charge in [0, 0.05) is 0 Å². The van der Waals surface area contributed by atoms with Crippen LogP contribution in [0.1, 0.15) is 29.2 Å². The number of aliphatic hydroxyl groups is 1. The van der Waals surface area contributed by atoms with Crippen LogP contribution in [0.4, 0.5) is 4.39 Å². The van der Waals surface area contributed by atoms with Gasteiger partial charge in [-0.3, -0.25) is 0 Å². The Morgan fingerprint density at radius 3 is 2.22 bits per heavy atom. The molecule has 1 atom stereocenters. The molecule has 1 N–H and O–H groups in total. The molecule has 1 nitrogen and oxygen atoms in total. The summed E-state index contributed by atoms with van der Waals surface area (Å²) in [5.74, 6) is -0.224. The maximum atomic E-state index is 12.7. The average molecular weight is 244 g/mol. The zero-order valence-corrected chi connectivity index (χ0v) is 10.4. The maximum Gasteiger partial charge on any atom is 0.123 e. The highest BCUT2D eigenvalue weighted by Gasteiger charge is 2.07. The summed E-state index contributed by atoms with van der Waals surface area (Å²) >= 11 is 0. The van der Waals surface area contributed by atoms with Crippen LogP contribution in [0.5, 0.6) is 0 Å². The Labute approximate surface area is 107 Å². The highest BCUT2D eigenvalue weighted by molar-refractivity contribution is 5.23. The highest BCUT2D eigenvalue weighted by atomic mass is 19.1. The number of hydrogen-bond donors (Lipinski definition) is 1. The molecule has 94 valence electrons. The molecular formula is C16H17FO. The molecule has 0 aliphatic carbocycles. The Balaban J connectivity index is 1.93. The Morgan fingerprint density at radius 1 is 1.00 bits per heavy atom. The summed E-state index contributed by atoms with van der Waals surface area (Å²) in [7, 11) is 0. The van der Waals surface area contributed by atoms with Crippen LogP contribution >= 0.6 is 0 Å². The van der Waals surface area contributed by atoms with Crippen LogP contribution < -0.4 is 0 Å². The Kier molecular flexibility index (Phi) is 4.11. The fourth-order valence-electron chi connectivity index (χ4n) is 1.91. The largest absolute Gasteiger partial charge is 0.388 e. The van der Waals surface area contributed by atoms with E-state index in [0.29, 0.717) is 6.42 Å². The molecule has 2 aromatic carbocycles. The fraction of sp³-hybridized carbons (Fsp3) is 0.250. The van der Waals surface area contributed by atoms with Gasteiger partial charge in [0.05, 0.1) is 6.10 Å². The van der Waals surface area contributed by atoms with Crippen molar-refractivity contribution in [1.29, 1.82) is 0 Å². The Morgan fingerprint density at radius 2 is 1.61 bits per heavy atom. The topological polar surface area (TPSA) is 20.2 Å². The van der Waals surface area contributed by atoms with E-state index in [1.165, 1.54) is 17.7 Å². The number of aryl methyl sites for hydroxylation is 2. The molecule has 0 fully saturated rings. The van der Waals surface area contributed by atoms with Crippen LogP contribution in [0.25, 0.3) is 0 Å². The van der Waals surface area contributed by atoms with E-state index in [9.17, 15) is 9.50 Å². The quantitative estimate of drug-likeness (QED) is 0.867. The van der Waals surface area contributed by atoms with Crippen molar-refractivity contribution < 1.29 is 9.50 Å². The Hall–Kier alpha value is -1.67. The first-order valence-electron chi connectivity index (χ1n) is 6.14. The predicted octanol–water partition coefficient (Wildman–Crippen LogP) is 3.80. The second-order valence-corrected chi connectivity index (χ2v) is 4.59. The molecular weight excluding hydrogens is 227 g/mol. The molecule has 18 heavy (non-hydrogen) atoms. The van der Waals surface area contributed by atoms with Gasteiger partial charge in [0.1, 0.15) is 5.82 Å². The van der Waals surface area contributed by atoms with E-state index in [2.05, 4.69) is 0 Å². The van der Waals surface area contributed by atoms with E-state index in [1.807, 2.05) is 31.2 Å². The van der Waals surface area contributed by atoms with Crippen molar-refractivity contribution in [2.75, 3.05) is 0 Å². The van der Waals surface area contributed by atoms with E-state index >= 15 is 0 Å². The lowest BCUT2D eigenvalue weighted by atomic mass is 10.0. The van der Waals surface area contributed by atoms with Crippen molar-refractivity contribution in [3.63, 3.8) is 0 Å². The number of benzene rings is 2. The van der Waals surface area contributed by atoms with Crippen LogP contribution in [-0.2, 0) is 6.42 Å². The summed E-state index contributed by atoms with van der Waals surface area (Å²) in [6.07, 6.45) is 0.931. The molecule has 0 bridgehead atoms. The van der Waals surface area contributed by atoms with E-state index in [4.69, 9.17) is 0 Å². The molecule has 0 heterocycles. The van der Waals surface area contributed by atoms with Crippen molar-refractivity contribution in [2.24, 2.45) is 0 Å². The minimum Gasteiger partial charge on any atom is -0.388 e. The van der Waals surface area contributed by atoms with Crippen molar-refractivity contribution in [3.05, 3.63) is 71.0 Å². The van der Waals surface area contributed by atoms with Crippen molar-refractivity contribution in [3.8, 4) is 0 Å². The second kappa shape index (κ2) is 5.78. The van der Waals surface area contributed by atoms with Gasteiger partial charge < -0.3 is 5.11 Å². The third-order valence-corrected chi connectivity index (χ3v) is 3.08. The summed E-state index contributed by atoms with van der Waals surface area (Å²) in [5.41, 5.74) is 3.16. The van der Waals surface area contributed by atoms with Gasteiger partial charge in [0.15, 0.2) is 0 Å². The van der Waals surface area contributed by atoms with E-state index in [0.717, 1.165) is 17.5 Å². The van der Waals surface area contributed by atoms with Gasteiger partial charge in [-0.05, 0) is 43.0 Å². The van der Waals surface area contributed by atoms with E-state index in [-0.39, 0.29) is 5.82 Å². The first-order valence-corrected chi connectivity index (χ1v) is 6.14. The van der Waals surface area contributed by atoms with Crippen LogP contribution in [-0.4, -0.2) is 5.11 Å². The van der Waals surface area contributed by atoms with Gasteiger partial charge >= 0.3 is 0 Å². The summed E-state index contributed by atoms with van der Waals surface area (Å²) in [4.78, 5) is 0. The van der Waals surface area contributed by atoms with Gasteiger partial charge in [-0.2, -0.15) is 0 Å². The van der Waals surface area contributed by atoms with Gasteiger partial charge in [-0.15, -0.1) is 0 Å². The number of aliphatic hydroxyl groups excluding tert-OH is 1. The lowest BCUT2D eigenvalue weighted by molar-refractivity contribution is 0.168. The molecule has 1 unspecified atom stereocenters. The predicted molar refractivity (Wildman–Crippen MR) is 70.9 cm³/mol. The van der Waals surface area contributed by atoms with Crippen LogP contribution in [0.2, 0.25) is 0 Å². The molecule has 2 aromatic rings. The molecule has 0 saturated heterocycles. The molecule has 0 radical (unpaired) electrons. The van der Waals surface area contributed by atoms with Crippen molar-refractivity contribution in [2.45, 2.75) is 25.9 Å². The van der Waals surface area contributed by atoms with E-state index in [1.54, 1.807) is 12.1 Å². The van der Waals surface area contributed by atoms with Gasteiger partial charge in [-0.25, -0.2) is 4.39 Å². The molecule has 0 aliphatic heterocycles. The zero-order valence-electron chi connectivity index (χ0n) is 10.4. The van der Waals surface area contributed by atoms with Crippen molar-refractivity contribution >= 4 is 0 Å². The summed E-state index contributed by atoms with van der Waals surface area (Å²) in [6.45, 7) is 2.02. The first-order chi connectivity index (χ1) is 8.65. The van der Waals surface area contributed by atoms with Gasteiger partial charge in [-0.1, -0.05) is 42.0 Å². The lowest BCUT2D eigenvalue weighted by Gasteiger charge is -2.11. The molecule has 2 heteroatoms. The van der Waals surface area contributed by atoms with Gasteiger partial charge in [0.2, 0.25) is 0 Å². The smallest absolute Gasteiger partial charge is 0.123 e. The number of rotatable bonds is 4. The first kappa shape index (κ1) is 12.8. The lowest BCUT2D eigenvalue weighted by Crippen LogP contribution is -1.99. The highest BCUT2D eigenvalue weighted by Crippen LogP contribution is 2.19. The summed E-state index contributed by atoms with van der Waals surface area (Å²) < 4.78 is 12.7. The summed E-state index contributed by atoms with van der Waals surface area (Å²) in [6, 6.07) is 14.3. The maximum absolute atomic E-state index is 12.7. The van der Waals surface area contributed by atoms with Gasteiger partial charge in [0.25, 0.3) is 0 Å². The third-order valence-electron chi connectivity index (χ3n) is 3.08. The summed E-state index contributed by atoms with van der Waals surface area (Å²) in [5, 5.41) is 10.1. The fourth-order valence-corrected chi connectivity index (χ4v) is 1.91. The van der Waals surface area contributed by atoms with Crippen molar-refractivity contribution in [1.82, 2.24) is 0 Å². The minimum atomic E-state index is -0.462. The minimum absolute atomic E-state index is 0.224. The Bertz CT molecular complexity index is 488. The van der Waals surface area contributed by atoms with E-state index < -0.39 is 6.10 Å². The molecule has 0 amide bonds. The SMILES string of the molecule is Cc1ccc(C(O)CCc2ccc(F)cc2)cc1. The molecule has 0 aromatic heterocycles. The zero-order chi connectivity index (χ0) is 13.0. The average Bonchev–Trinajstić information content (AvgIpc) is 2.38. The standard InChI is InChI=1S/C16H17FO/c1-12-2-7-14(8-3-12)16(18)11-6-13-4-9-15(17)10-5-13/h2-5,7-10,16,18H,6,11H2,1H3. The molecule has 2 rings (SSSR count).